The number of rotatable bonds is 43. The summed E-state index contributed by atoms with van der Waals surface area (Å²) >= 11 is 0. The molecule has 1 aliphatic heterocycles. The second kappa shape index (κ2) is 40.9. The molecular weight excluding hydrogens is 805 g/mol. The van der Waals surface area contributed by atoms with Crippen LogP contribution in [0, 0.1) is 0 Å². The molecule has 1 saturated heterocycles. The Balaban J connectivity index is 2.72. The molecule has 0 amide bonds. The van der Waals surface area contributed by atoms with E-state index in [0.717, 1.165) is 77.0 Å². The van der Waals surface area contributed by atoms with Gasteiger partial charge in [-0.05, 0) is 38.5 Å². The second-order valence-corrected chi connectivity index (χ2v) is 17.8. The van der Waals surface area contributed by atoms with Crippen LogP contribution in [0.5, 0.6) is 0 Å². The summed E-state index contributed by atoms with van der Waals surface area (Å²) in [5.74, 6) is -3.11. The molecular formula is C51H92O12. The maximum absolute atomic E-state index is 13.0. The quantitative estimate of drug-likeness (QED) is 0.0229. The van der Waals surface area contributed by atoms with Gasteiger partial charge in [-0.2, -0.15) is 0 Å². The van der Waals surface area contributed by atoms with Gasteiger partial charge >= 0.3 is 23.9 Å². The normalized spacial score (nSPS) is 19.3. The van der Waals surface area contributed by atoms with Crippen LogP contribution in [0.4, 0.5) is 0 Å². The molecule has 0 aromatic rings. The minimum absolute atomic E-state index is 0.0552. The van der Waals surface area contributed by atoms with Crippen LogP contribution >= 0.6 is 0 Å². The number of esters is 3. The molecule has 0 spiro atoms. The van der Waals surface area contributed by atoms with Gasteiger partial charge in [-0.15, -0.1) is 0 Å². The van der Waals surface area contributed by atoms with E-state index in [9.17, 15) is 34.5 Å². The van der Waals surface area contributed by atoms with Crippen molar-refractivity contribution in [2.45, 2.75) is 276 Å². The maximum Gasteiger partial charge on any atom is 0.335 e. The Morgan fingerprint density at radius 1 is 0.508 bits per heavy atom. The highest BCUT2D eigenvalue weighted by Gasteiger charge is 2.50. The summed E-state index contributed by atoms with van der Waals surface area (Å²) in [6, 6.07) is 0. The first-order chi connectivity index (χ1) is 30.6. The molecule has 6 unspecified atom stereocenters. The Kier molecular flexibility index (Phi) is 38.0. The number of aliphatic hydroxyl groups is 2. The van der Waals surface area contributed by atoms with E-state index < -0.39 is 67.3 Å². The number of carboxylic acid groups (broad SMARTS) is 1. The van der Waals surface area contributed by atoms with Gasteiger partial charge in [0.15, 0.2) is 24.6 Å². The predicted molar refractivity (Wildman–Crippen MR) is 248 cm³/mol. The number of carbonyl (C=O) groups excluding carboxylic acids is 3. The van der Waals surface area contributed by atoms with E-state index in [-0.39, 0.29) is 25.9 Å². The number of hydrogen-bond acceptors (Lipinski definition) is 11. The molecule has 0 bridgehead atoms. The lowest BCUT2D eigenvalue weighted by molar-refractivity contribution is -0.301. The van der Waals surface area contributed by atoms with E-state index in [0.29, 0.717) is 19.3 Å². The maximum atomic E-state index is 13.0. The standard InChI is InChI=1S/C51H92O12/c1-4-7-10-13-16-19-21-22-24-26-28-31-34-37-43(52)59-40-42(61-44(53)38-35-32-29-25-18-15-12-9-6-3)41-60-51-49(47(56)46(55)48(63-51)50(57)58)62-45(54)39-36-33-30-27-23-20-17-14-11-8-5-2/h14,17,42,46-49,51,55-56H,4-13,15-16,18-41H2,1-3H3,(H,57,58)/b17-14-. The number of carbonyl (C=O) groups is 4. The van der Waals surface area contributed by atoms with Crippen molar-refractivity contribution in [3.63, 3.8) is 0 Å². The first-order valence-corrected chi connectivity index (χ1v) is 25.7. The van der Waals surface area contributed by atoms with E-state index in [1.165, 1.54) is 103 Å². The largest absolute Gasteiger partial charge is 0.479 e. The van der Waals surface area contributed by atoms with Crippen molar-refractivity contribution < 1.29 is 58.2 Å². The van der Waals surface area contributed by atoms with E-state index in [1.54, 1.807) is 0 Å². The summed E-state index contributed by atoms with van der Waals surface area (Å²) in [4.78, 5) is 50.6. The molecule has 368 valence electrons. The predicted octanol–water partition coefficient (Wildman–Crippen LogP) is 11.8. The van der Waals surface area contributed by atoms with Crippen LogP contribution in [-0.4, -0.2) is 89.2 Å². The van der Waals surface area contributed by atoms with Gasteiger partial charge in [-0.1, -0.05) is 193 Å². The average molecular weight is 897 g/mol. The Labute approximate surface area is 382 Å². The van der Waals surface area contributed by atoms with Crippen molar-refractivity contribution in [3.8, 4) is 0 Å². The number of aliphatic hydroxyl groups excluding tert-OH is 2. The molecule has 1 aliphatic rings. The lowest BCUT2D eigenvalue weighted by Crippen LogP contribution is -2.61. The highest BCUT2D eigenvalue weighted by Crippen LogP contribution is 2.26. The Bertz CT molecular complexity index is 1160. The summed E-state index contributed by atoms with van der Waals surface area (Å²) < 4.78 is 28.2. The summed E-state index contributed by atoms with van der Waals surface area (Å²) in [5, 5.41) is 31.2. The number of hydrogen-bond donors (Lipinski definition) is 3. The molecule has 0 radical (unpaired) electrons. The van der Waals surface area contributed by atoms with E-state index in [2.05, 4.69) is 32.9 Å². The third-order valence-corrected chi connectivity index (χ3v) is 11.8. The highest BCUT2D eigenvalue weighted by molar-refractivity contribution is 5.74. The first kappa shape index (κ1) is 58.5. The zero-order valence-electron chi connectivity index (χ0n) is 40.1. The minimum atomic E-state index is -1.90. The van der Waals surface area contributed by atoms with Crippen LogP contribution in [0.25, 0.3) is 0 Å². The van der Waals surface area contributed by atoms with Crippen LogP contribution < -0.4 is 0 Å². The van der Waals surface area contributed by atoms with Crippen LogP contribution in [0.2, 0.25) is 0 Å². The summed E-state index contributed by atoms with van der Waals surface area (Å²) in [7, 11) is 0. The third-order valence-electron chi connectivity index (χ3n) is 11.8. The van der Waals surface area contributed by atoms with Crippen molar-refractivity contribution in [1.82, 2.24) is 0 Å². The van der Waals surface area contributed by atoms with Gasteiger partial charge in [0, 0.05) is 19.3 Å². The van der Waals surface area contributed by atoms with Crippen LogP contribution in [0.3, 0.4) is 0 Å². The van der Waals surface area contributed by atoms with Gasteiger partial charge in [0.25, 0.3) is 0 Å². The van der Waals surface area contributed by atoms with Crippen LogP contribution in [0.1, 0.15) is 239 Å². The Hall–Kier alpha value is -2.54. The number of ether oxygens (including phenoxy) is 5. The fraction of sp³-hybridized carbons (Fsp3) is 0.882. The number of unbranched alkanes of at least 4 members (excludes halogenated alkanes) is 27. The minimum Gasteiger partial charge on any atom is -0.479 e. The third kappa shape index (κ3) is 31.9. The SMILES string of the molecule is CCCC/C=C\CCCCCCCC(=O)OC1C(OCC(COC(=O)CCCCCCCCCCCCCCC)OC(=O)CCCCCCCCCCC)OC(C(=O)O)C(O)C1O. The first-order valence-electron chi connectivity index (χ1n) is 25.7. The number of carboxylic acids is 1. The molecule has 0 saturated carbocycles. The van der Waals surface area contributed by atoms with Gasteiger partial charge < -0.3 is 39.0 Å². The van der Waals surface area contributed by atoms with Crippen molar-refractivity contribution >= 4 is 23.9 Å². The molecule has 3 N–H and O–H groups in total. The molecule has 1 fully saturated rings. The fourth-order valence-corrected chi connectivity index (χ4v) is 7.82. The van der Waals surface area contributed by atoms with E-state index in [4.69, 9.17) is 23.7 Å². The Morgan fingerprint density at radius 2 is 0.921 bits per heavy atom. The van der Waals surface area contributed by atoms with Crippen LogP contribution in [0.15, 0.2) is 12.2 Å². The molecule has 0 aromatic carbocycles. The van der Waals surface area contributed by atoms with Gasteiger partial charge in [0.05, 0.1) is 6.61 Å². The molecule has 12 heteroatoms. The smallest absolute Gasteiger partial charge is 0.335 e. The topological polar surface area (TPSA) is 175 Å². The van der Waals surface area contributed by atoms with Gasteiger partial charge in [0.2, 0.25) is 0 Å². The molecule has 0 aliphatic carbocycles. The van der Waals surface area contributed by atoms with Gasteiger partial charge in [0.1, 0.15) is 18.8 Å². The molecule has 1 heterocycles. The van der Waals surface area contributed by atoms with Crippen molar-refractivity contribution in [1.29, 1.82) is 0 Å². The van der Waals surface area contributed by atoms with Gasteiger partial charge in [-0.25, -0.2) is 4.79 Å². The van der Waals surface area contributed by atoms with E-state index >= 15 is 0 Å². The van der Waals surface area contributed by atoms with Crippen molar-refractivity contribution in [3.05, 3.63) is 12.2 Å². The van der Waals surface area contributed by atoms with Crippen molar-refractivity contribution in [2.24, 2.45) is 0 Å². The zero-order chi connectivity index (χ0) is 46.2. The number of allylic oxidation sites excluding steroid dienone is 2. The summed E-state index contributed by atoms with van der Waals surface area (Å²) in [6.07, 6.45) is 29.3. The average Bonchev–Trinajstić information content (AvgIpc) is 3.26. The molecule has 1 rings (SSSR count). The molecule has 63 heavy (non-hydrogen) atoms. The molecule has 0 aromatic heterocycles. The molecule has 6 atom stereocenters. The van der Waals surface area contributed by atoms with E-state index in [1.807, 2.05) is 0 Å². The lowest BCUT2D eigenvalue weighted by atomic mass is 9.98. The highest BCUT2D eigenvalue weighted by atomic mass is 16.7. The zero-order valence-corrected chi connectivity index (χ0v) is 40.1. The monoisotopic (exact) mass is 897 g/mol. The fourth-order valence-electron chi connectivity index (χ4n) is 7.82. The van der Waals surface area contributed by atoms with Crippen molar-refractivity contribution in [2.75, 3.05) is 13.2 Å². The van der Waals surface area contributed by atoms with Crippen LogP contribution in [-0.2, 0) is 42.9 Å². The molecule has 12 nitrogen and oxygen atoms in total. The summed E-state index contributed by atoms with van der Waals surface area (Å²) in [5.41, 5.74) is 0. The number of aliphatic carboxylic acids is 1. The Morgan fingerprint density at radius 3 is 1.40 bits per heavy atom. The second-order valence-electron chi connectivity index (χ2n) is 17.8. The van der Waals surface area contributed by atoms with Gasteiger partial charge in [-0.3, -0.25) is 14.4 Å². The lowest BCUT2D eigenvalue weighted by Gasteiger charge is -2.40. The summed E-state index contributed by atoms with van der Waals surface area (Å²) in [6.45, 7) is 5.90.